The van der Waals surface area contributed by atoms with Crippen molar-refractivity contribution in [2.24, 2.45) is 11.8 Å². The molecule has 1 amide bonds. The molecule has 3 rings (SSSR count). The van der Waals surface area contributed by atoms with Crippen LogP contribution in [0, 0.1) is 23.5 Å². The normalized spacial score (nSPS) is 30.4. The van der Waals surface area contributed by atoms with Crippen LogP contribution in [0.4, 0.5) is 14.5 Å². The summed E-state index contributed by atoms with van der Waals surface area (Å²) >= 11 is 0. The number of carbonyl (C=O) groups is 1. The van der Waals surface area contributed by atoms with Crippen molar-refractivity contribution < 1.29 is 13.6 Å². The molecule has 0 bridgehead atoms. The zero-order chi connectivity index (χ0) is 12.9. The van der Waals surface area contributed by atoms with E-state index in [1.807, 2.05) is 0 Å². The van der Waals surface area contributed by atoms with Gasteiger partial charge in [0, 0.05) is 6.07 Å². The molecule has 0 saturated heterocycles. The molecular weight excluding hydrogens is 236 g/mol. The second-order valence-corrected chi connectivity index (χ2v) is 5.50. The number of amides is 1. The lowest BCUT2D eigenvalue weighted by molar-refractivity contribution is -0.118. The lowest BCUT2D eigenvalue weighted by atomic mass is 9.85. The third-order valence-corrected chi connectivity index (χ3v) is 4.16. The molecule has 2 aliphatic rings. The molecule has 1 fully saturated rings. The second kappa shape index (κ2) is 4.04. The molecule has 1 aromatic rings. The summed E-state index contributed by atoms with van der Waals surface area (Å²) in [6, 6.07) is 2.11. The fourth-order valence-electron chi connectivity index (χ4n) is 3.33. The number of halogens is 2. The van der Waals surface area contributed by atoms with Gasteiger partial charge in [0.25, 0.3) is 0 Å². The van der Waals surface area contributed by atoms with Crippen molar-refractivity contribution in [3.63, 3.8) is 0 Å². The van der Waals surface area contributed by atoms with Gasteiger partial charge in [0.15, 0.2) is 0 Å². The topological polar surface area (TPSA) is 29.1 Å². The van der Waals surface area contributed by atoms with Crippen LogP contribution in [0.1, 0.15) is 37.7 Å². The number of rotatable bonds is 1. The van der Waals surface area contributed by atoms with Crippen LogP contribution in [-0.2, 0) is 4.79 Å². The standard InChI is InChI=1S/C14H15F2NO/c1-7-2-3-8(4-7)12-10-5-9(15)6-11(16)13(10)17-14(12)18/h5-8,12H,2-4H2,1H3,(H,17,18). The Morgan fingerprint density at radius 3 is 2.72 bits per heavy atom. The molecule has 1 aliphatic heterocycles. The molecule has 1 N–H and O–H groups in total. The minimum absolute atomic E-state index is 0.172. The summed E-state index contributed by atoms with van der Waals surface area (Å²) in [5.41, 5.74) is 0.669. The Hall–Kier alpha value is -1.45. The van der Waals surface area contributed by atoms with Crippen molar-refractivity contribution in [1.82, 2.24) is 0 Å². The number of benzene rings is 1. The maximum absolute atomic E-state index is 13.6. The van der Waals surface area contributed by atoms with E-state index in [9.17, 15) is 13.6 Å². The van der Waals surface area contributed by atoms with Crippen molar-refractivity contribution in [2.75, 3.05) is 5.32 Å². The van der Waals surface area contributed by atoms with Crippen LogP contribution in [-0.4, -0.2) is 5.91 Å². The number of hydrogen-bond acceptors (Lipinski definition) is 1. The summed E-state index contributed by atoms with van der Waals surface area (Å²) < 4.78 is 26.9. The Kier molecular flexibility index (Phi) is 2.61. The summed E-state index contributed by atoms with van der Waals surface area (Å²) in [6.45, 7) is 2.15. The highest BCUT2D eigenvalue weighted by Crippen LogP contribution is 2.46. The summed E-state index contributed by atoms with van der Waals surface area (Å²) in [5, 5.41) is 2.55. The lowest BCUT2D eigenvalue weighted by Crippen LogP contribution is -2.19. The van der Waals surface area contributed by atoms with Gasteiger partial charge < -0.3 is 5.32 Å². The first kappa shape index (κ1) is 11.6. The molecule has 4 heteroatoms. The predicted molar refractivity (Wildman–Crippen MR) is 64.2 cm³/mol. The lowest BCUT2D eigenvalue weighted by Gasteiger charge is -2.16. The highest BCUT2D eigenvalue weighted by molar-refractivity contribution is 6.03. The highest BCUT2D eigenvalue weighted by atomic mass is 19.1. The zero-order valence-electron chi connectivity index (χ0n) is 10.2. The second-order valence-electron chi connectivity index (χ2n) is 5.50. The molecule has 3 atom stereocenters. The van der Waals surface area contributed by atoms with Crippen LogP contribution in [0.25, 0.3) is 0 Å². The molecule has 1 saturated carbocycles. The Morgan fingerprint density at radius 2 is 2.06 bits per heavy atom. The van der Waals surface area contributed by atoms with E-state index in [0.29, 0.717) is 11.5 Å². The fourth-order valence-corrected chi connectivity index (χ4v) is 3.33. The van der Waals surface area contributed by atoms with Crippen molar-refractivity contribution in [2.45, 2.75) is 32.1 Å². The van der Waals surface area contributed by atoms with E-state index in [1.165, 1.54) is 6.07 Å². The van der Waals surface area contributed by atoms with Crippen molar-refractivity contribution in [3.8, 4) is 0 Å². The molecule has 96 valence electrons. The van der Waals surface area contributed by atoms with E-state index in [1.54, 1.807) is 0 Å². The van der Waals surface area contributed by atoms with Crippen LogP contribution >= 0.6 is 0 Å². The number of carbonyl (C=O) groups excluding carboxylic acids is 1. The average molecular weight is 251 g/mol. The van der Waals surface area contributed by atoms with E-state index in [0.717, 1.165) is 25.3 Å². The monoisotopic (exact) mass is 251 g/mol. The first-order valence-electron chi connectivity index (χ1n) is 6.36. The quantitative estimate of drug-likeness (QED) is 0.814. The fraction of sp³-hybridized carbons (Fsp3) is 0.500. The Bertz CT molecular complexity index is 515. The van der Waals surface area contributed by atoms with Gasteiger partial charge in [-0.3, -0.25) is 4.79 Å². The summed E-state index contributed by atoms with van der Waals surface area (Å²) in [6.07, 6.45) is 2.99. The largest absolute Gasteiger partial charge is 0.323 e. The van der Waals surface area contributed by atoms with E-state index in [2.05, 4.69) is 12.2 Å². The van der Waals surface area contributed by atoms with Gasteiger partial charge in [-0.25, -0.2) is 8.78 Å². The van der Waals surface area contributed by atoms with Crippen LogP contribution < -0.4 is 5.32 Å². The van der Waals surface area contributed by atoms with Crippen LogP contribution in [0.3, 0.4) is 0 Å². The smallest absolute Gasteiger partial charge is 0.232 e. The SMILES string of the molecule is CC1CCC(C2C(=O)Nc3c(F)cc(F)cc32)C1. The van der Waals surface area contributed by atoms with E-state index < -0.39 is 11.6 Å². The van der Waals surface area contributed by atoms with Gasteiger partial charge in [-0.15, -0.1) is 0 Å². The van der Waals surface area contributed by atoms with Crippen LogP contribution in [0.15, 0.2) is 12.1 Å². The summed E-state index contributed by atoms with van der Waals surface area (Å²) in [5.74, 6) is -1.05. The predicted octanol–water partition coefficient (Wildman–Crippen LogP) is 3.44. The van der Waals surface area contributed by atoms with Gasteiger partial charge >= 0.3 is 0 Å². The number of hydrogen-bond donors (Lipinski definition) is 1. The maximum atomic E-state index is 13.6. The molecule has 0 radical (unpaired) electrons. The highest BCUT2D eigenvalue weighted by Gasteiger charge is 2.41. The van der Waals surface area contributed by atoms with Gasteiger partial charge in [0.05, 0.1) is 11.6 Å². The first-order chi connectivity index (χ1) is 8.56. The van der Waals surface area contributed by atoms with Crippen molar-refractivity contribution in [1.29, 1.82) is 0 Å². The van der Waals surface area contributed by atoms with Gasteiger partial charge in [-0.2, -0.15) is 0 Å². The minimum Gasteiger partial charge on any atom is -0.323 e. The zero-order valence-corrected chi connectivity index (χ0v) is 10.2. The molecular formula is C14H15F2NO. The molecule has 0 aromatic heterocycles. The summed E-state index contributed by atoms with van der Waals surface area (Å²) in [7, 11) is 0. The van der Waals surface area contributed by atoms with Crippen molar-refractivity contribution >= 4 is 11.6 Å². The molecule has 0 spiro atoms. The molecule has 2 nitrogen and oxygen atoms in total. The van der Waals surface area contributed by atoms with Gasteiger partial charge in [-0.05, 0) is 36.3 Å². The summed E-state index contributed by atoms with van der Waals surface area (Å²) in [4.78, 5) is 12.0. The Balaban J connectivity index is 2.01. The first-order valence-corrected chi connectivity index (χ1v) is 6.36. The van der Waals surface area contributed by atoms with E-state index in [-0.39, 0.29) is 23.4 Å². The van der Waals surface area contributed by atoms with Crippen molar-refractivity contribution in [3.05, 3.63) is 29.3 Å². The molecule has 1 aromatic carbocycles. The van der Waals surface area contributed by atoms with Crippen LogP contribution in [0.5, 0.6) is 0 Å². The molecule has 3 unspecified atom stereocenters. The Morgan fingerprint density at radius 1 is 1.28 bits per heavy atom. The molecule has 1 aliphatic carbocycles. The van der Waals surface area contributed by atoms with Gasteiger partial charge in [-0.1, -0.05) is 13.3 Å². The number of anilines is 1. The number of fused-ring (bicyclic) bond motifs is 1. The Labute approximate surface area is 104 Å². The van der Waals surface area contributed by atoms with Gasteiger partial charge in [0.2, 0.25) is 5.91 Å². The number of nitrogens with one attached hydrogen (secondary N) is 1. The minimum atomic E-state index is -0.674. The third kappa shape index (κ3) is 1.71. The molecule has 18 heavy (non-hydrogen) atoms. The van der Waals surface area contributed by atoms with Gasteiger partial charge in [0.1, 0.15) is 11.6 Å². The van der Waals surface area contributed by atoms with E-state index >= 15 is 0 Å². The average Bonchev–Trinajstić information content (AvgIpc) is 2.82. The molecule has 1 heterocycles. The maximum Gasteiger partial charge on any atom is 0.232 e. The van der Waals surface area contributed by atoms with E-state index in [4.69, 9.17) is 0 Å². The van der Waals surface area contributed by atoms with Crippen LogP contribution in [0.2, 0.25) is 0 Å². The third-order valence-electron chi connectivity index (χ3n) is 4.16.